The van der Waals surface area contributed by atoms with E-state index in [2.05, 4.69) is 5.73 Å². The lowest BCUT2D eigenvalue weighted by atomic mass is 9.97. The molecule has 3 aromatic carbocycles. The summed E-state index contributed by atoms with van der Waals surface area (Å²) in [6, 6.07) is 11.4. The third-order valence-corrected chi connectivity index (χ3v) is 4.76. The molecule has 30 heavy (non-hydrogen) atoms. The summed E-state index contributed by atoms with van der Waals surface area (Å²) in [6.07, 6.45) is 0.625. The van der Waals surface area contributed by atoms with Crippen molar-refractivity contribution in [3.8, 4) is 22.6 Å². The molecule has 3 N–H and O–H groups in total. The molecule has 0 atom stereocenters. The maximum atomic E-state index is 14.1. The number of primary amides is 1. The van der Waals surface area contributed by atoms with Gasteiger partial charge in [0.05, 0.1) is 6.61 Å². The predicted octanol–water partition coefficient (Wildman–Crippen LogP) is 5.74. The molecular formula is C22H19Cl2F2NO3. The van der Waals surface area contributed by atoms with Crippen LogP contribution in [-0.4, -0.2) is 18.1 Å². The smallest absolute Gasteiger partial charge is 0.204 e. The van der Waals surface area contributed by atoms with E-state index in [1.807, 2.05) is 6.92 Å². The molecular weight excluding hydrogens is 435 g/mol. The Bertz CT molecular complexity index is 1020. The number of amides is 1. The molecule has 0 bridgehead atoms. The van der Waals surface area contributed by atoms with Gasteiger partial charge in [-0.1, -0.05) is 29.3 Å². The summed E-state index contributed by atoms with van der Waals surface area (Å²) in [5.74, 6) is -0.955. The van der Waals surface area contributed by atoms with Crippen LogP contribution in [-0.2, 0) is 11.2 Å². The van der Waals surface area contributed by atoms with Gasteiger partial charge < -0.3 is 15.6 Å². The van der Waals surface area contributed by atoms with E-state index in [1.54, 1.807) is 24.3 Å². The van der Waals surface area contributed by atoms with E-state index in [-0.39, 0.29) is 23.3 Å². The lowest BCUT2D eigenvalue weighted by molar-refractivity contribution is -0.106. The minimum absolute atomic E-state index is 0.104. The minimum Gasteiger partial charge on any atom is -0.507 e. The highest BCUT2D eigenvalue weighted by molar-refractivity contribution is 6.36. The minimum atomic E-state index is -0.750. The van der Waals surface area contributed by atoms with Crippen molar-refractivity contribution in [1.82, 2.24) is 0 Å². The molecule has 4 nitrogen and oxygen atoms in total. The lowest BCUT2D eigenvalue weighted by Crippen LogP contribution is -1.96. The van der Waals surface area contributed by atoms with Gasteiger partial charge in [0, 0.05) is 33.7 Å². The maximum Gasteiger partial charge on any atom is 0.204 e. The van der Waals surface area contributed by atoms with Gasteiger partial charge in [-0.25, -0.2) is 8.78 Å². The van der Waals surface area contributed by atoms with Gasteiger partial charge in [-0.3, -0.25) is 4.79 Å². The number of carbonyl (C=O) groups excluding carboxylic acids is 1. The van der Waals surface area contributed by atoms with E-state index >= 15 is 0 Å². The number of nitrogens with two attached hydrogens (primary N) is 1. The molecule has 3 aromatic rings. The zero-order valence-corrected chi connectivity index (χ0v) is 17.5. The Kier molecular flexibility index (Phi) is 8.45. The van der Waals surface area contributed by atoms with Crippen molar-refractivity contribution >= 4 is 29.6 Å². The second-order valence-corrected chi connectivity index (χ2v) is 6.90. The third kappa shape index (κ3) is 5.84. The second-order valence-electron chi connectivity index (χ2n) is 6.09. The normalized spacial score (nSPS) is 10.2. The zero-order chi connectivity index (χ0) is 22.3. The topological polar surface area (TPSA) is 72.6 Å². The molecule has 3 rings (SSSR count). The van der Waals surface area contributed by atoms with Crippen LogP contribution in [0.1, 0.15) is 18.1 Å². The molecule has 0 unspecified atom stereocenters. The summed E-state index contributed by atoms with van der Waals surface area (Å²) >= 11 is 12.7. The first kappa shape index (κ1) is 23.4. The van der Waals surface area contributed by atoms with Crippen molar-refractivity contribution in [1.29, 1.82) is 0 Å². The Labute approximate surface area is 182 Å². The molecule has 0 heterocycles. The molecule has 8 heteroatoms. The Balaban J connectivity index is 0.00000101. The molecule has 0 saturated heterocycles. The molecule has 0 radical (unpaired) electrons. The van der Waals surface area contributed by atoms with Gasteiger partial charge >= 0.3 is 0 Å². The van der Waals surface area contributed by atoms with Crippen LogP contribution in [0.3, 0.4) is 0 Å². The molecule has 0 fully saturated rings. The van der Waals surface area contributed by atoms with Crippen molar-refractivity contribution in [3.63, 3.8) is 0 Å². The largest absolute Gasteiger partial charge is 0.507 e. The van der Waals surface area contributed by atoms with Gasteiger partial charge in [0.1, 0.15) is 23.1 Å². The summed E-state index contributed by atoms with van der Waals surface area (Å²) in [6.45, 7) is 2.36. The number of hydrogen-bond acceptors (Lipinski definition) is 3. The van der Waals surface area contributed by atoms with Crippen LogP contribution in [0.25, 0.3) is 11.1 Å². The molecule has 158 valence electrons. The summed E-state index contributed by atoms with van der Waals surface area (Å²) < 4.78 is 32.7. The summed E-state index contributed by atoms with van der Waals surface area (Å²) in [7, 11) is 0. The van der Waals surface area contributed by atoms with Crippen molar-refractivity contribution in [2.45, 2.75) is 13.3 Å². The monoisotopic (exact) mass is 453 g/mol. The number of phenols is 1. The van der Waals surface area contributed by atoms with E-state index < -0.39 is 11.6 Å². The van der Waals surface area contributed by atoms with Gasteiger partial charge in [-0.05, 0) is 54.4 Å². The molecule has 0 saturated carbocycles. The van der Waals surface area contributed by atoms with Crippen LogP contribution in [0.2, 0.25) is 10.0 Å². The van der Waals surface area contributed by atoms with Crippen molar-refractivity contribution in [3.05, 3.63) is 81.3 Å². The van der Waals surface area contributed by atoms with E-state index in [9.17, 15) is 13.9 Å². The van der Waals surface area contributed by atoms with Gasteiger partial charge in [-0.15, -0.1) is 0 Å². The fourth-order valence-electron chi connectivity index (χ4n) is 2.82. The summed E-state index contributed by atoms with van der Waals surface area (Å²) in [4.78, 5) is 8.58. The van der Waals surface area contributed by atoms with Gasteiger partial charge in [0.2, 0.25) is 6.41 Å². The SMILES string of the molecule is CCOc1cc(Cl)c(Cc2ccc(O)c(-c3ccc(F)cc3F)c2)c(Cl)c1.NC=O. The molecule has 0 aliphatic carbocycles. The maximum absolute atomic E-state index is 14.1. The molecule has 1 amide bonds. The highest BCUT2D eigenvalue weighted by atomic mass is 35.5. The Hall–Kier alpha value is -2.83. The van der Waals surface area contributed by atoms with Crippen molar-refractivity contribution < 1.29 is 23.4 Å². The van der Waals surface area contributed by atoms with Crippen LogP contribution in [0.4, 0.5) is 8.78 Å². The van der Waals surface area contributed by atoms with Crippen LogP contribution in [0, 0.1) is 11.6 Å². The van der Waals surface area contributed by atoms with E-state index in [1.165, 1.54) is 12.1 Å². The number of rotatable bonds is 5. The fraction of sp³-hybridized carbons (Fsp3) is 0.136. The number of ether oxygens (including phenoxy) is 1. The van der Waals surface area contributed by atoms with Crippen molar-refractivity contribution in [2.75, 3.05) is 6.61 Å². The van der Waals surface area contributed by atoms with Gasteiger partial charge in [-0.2, -0.15) is 0 Å². The quantitative estimate of drug-likeness (QED) is 0.484. The van der Waals surface area contributed by atoms with E-state index in [0.717, 1.165) is 17.7 Å². The molecule has 0 aliphatic heterocycles. The number of aromatic hydroxyl groups is 1. The Morgan fingerprint density at radius 1 is 1.03 bits per heavy atom. The summed E-state index contributed by atoms with van der Waals surface area (Å²) in [5, 5.41) is 11.0. The highest BCUT2D eigenvalue weighted by Gasteiger charge is 2.14. The number of phenolic OH excluding ortho intramolecular Hbond substituents is 1. The molecule has 0 aromatic heterocycles. The predicted molar refractivity (Wildman–Crippen MR) is 114 cm³/mol. The third-order valence-electron chi connectivity index (χ3n) is 4.09. The second kappa shape index (κ2) is 10.8. The molecule has 0 aliphatic rings. The van der Waals surface area contributed by atoms with Gasteiger partial charge in [0.15, 0.2) is 0 Å². The highest BCUT2D eigenvalue weighted by Crippen LogP contribution is 2.35. The van der Waals surface area contributed by atoms with E-state index in [0.29, 0.717) is 34.4 Å². The number of hydrogen-bond donors (Lipinski definition) is 2. The first-order valence-electron chi connectivity index (χ1n) is 8.84. The zero-order valence-electron chi connectivity index (χ0n) is 16.0. The average Bonchev–Trinajstić information content (AvgIpc) is 2.67. The number of halogens is 4. The van der Waals surface area contributed by atoms with Crippen LogP contribution in [0.15, 0.2) is 48.5 Å². The number of carbonyl (C=O) groups is 1. The van der Waals surface area contributed by atoms with Crippen LogP contribution >= 0.6 is 23.2 Å². The van der Waals surface area contributed by atoms with E-state index in [4.69, 9.17) is 32.7 Å². The van der Waals surface area contributed by atoms with Crippen LogP contribution < -0.4 is 10.5 Å². The number of benzene rings is 3. The standard InChI is InChI=1S/C21H16Cl2F2O2.CH3NO/c1-2-27-14-10-18(22)17(19(23)11-14)8-12-3-6-21(26)16(7-12)15-5-4-13(24)9-20(15)25;2-1-3/h3-7,9-11,26H,2,8H2,1H3;1H,(H2,2,3). The van der Waals surface area contributed by atoms with Crippen molar-refractivity contribution in [2.24, 2.45) is 5.73 Å². The Morgan fingerprint density at radius 3 is 2.23 bits per heavy atom. The van der Waals surface area contributed by atoms with Gasteiger partial charge in [0.25, 0.3) is 0 Å². The average molecular weight is 454 g/mol. The first-order chi connectivity index (χ1) is 14.3. The Morgan fingerprint density at radius 2 is 1.67 bits per heavy atom. The van der Waals surface area contributed by atoms with Crippen LogP contribution in [0.5, 0.6) is 11.5 Å². The summed E-state index contributed by atoms with van der Waals surface area (Å²) in [5.41, 5.74) is 6.00. The molecule has 0 spiro atoms. The lowest BCUT2D eigenvalue weighted by Gasteiger charge is -2.13. The fourth-order valence-corrected chi connectivity index (χ4v) is 3.42. The first-order valence-corrected chi connectivity index (χ1v) is 9.59.